The Bertz CT molecular complexity index is 637. The molecule has 3 rings (SSSR count). The average molecular weight is 294 g/mol. The maximum atomic E-state index is 10.7. The number of carboxylic acid groups (broad SMARTS) is 1. The molecule has 0 atom stereocenters. The van der Waals surface area contributed by atoms with Crippen LogP contribution >= 0.6 is 11.6 Å². The smallest absolute Gasteiger partial charge is 0.309 e. The van der Waals surface area contributed by atoms with Gasteiger partial charge >= 0.3 is 5.97 Å². The summed E-state index contributed by atoms with van der Waals surface area (Å²) in [6.07, 6.45) is 0. The lowest BCUT2D eigenvalue weighted by molar-refractivity contribution is -0.147. The van der Waals surface area contributed by atoms with E-state index in [-0.39, 0.29) is 5.92 Å². The molecule has 7 heteroatoms. The fourth-order valence-corrected chi connectivity index (χ4v) is 2.30. The van der Waals surface area contributed by atoms with Crippen molar-refractivity contribution in [1.29, 1.82) is 0 Å². The molecule has 0 spiro atoms. The lowest BCUT2D eigenvalue weighted by Gasteiger charge is -2.35. The van der Waals surface area contributed by atoms with Crippen molar-refractivity contribution >= 4 is 17.6 Å². The molecule has 2 aromatic rings. The quantitative estimate of drug-likeness (QED) is 0.927. The number of hydrogen-bond donors (Lipinski definition) is 1. The number of hydrogen-bond acceptors (Lipinski definition) is 5. The van der Waals surface area contributed by atoms with Crippen LogP contribution in [0.3, 0.4) is 0 Å². The normalized spacial score (nSPS) is 16.1. The van der Waals surface area contributed by atoms with Gasteiger partial charge in [0.1, 0.15) is 0 Å². The molecule has 2 heterocycles. The molecule has 1 aromatic heterocycles. The second kappa shape index (κ2) is 5.22. The number of rotatable bonds is 4. The molecule has 104 valence electrons. The topological polar surface area (TPSA) is 79.5 Å². The van der Waals surface area contributed by atoms with Crippen molar-refractivity contribution in [3.05, 3.63) is 35.2 Å². The summed E-state index contributed by atoms with van der Waals surface area (Å²) >= 11 is 5.91. The molecule has 0 amide bonds. The monoisotopic (exact) mass is 293 g/mol. The number of nitrogens with zero attached hydrogens (tertiary/aromatic N) is 3. The Morgan fingerprint density at radius 3 is 3.00 bits per heavy atom. The van der Waals surface area contributed by atoms with E-state index in [2.05, 4.69) is 10.1 Å². The van der Waals surface area contributed by atoms with Crippen molar-refractivity contribution in [3.63, 3.8) is 0 Å². The summed E-state index contributed by atoms with van der Waals surface area (Å²) in [5.41, 5.74) is 0.791. The Morgan fingerprint density at radius 1 is 1.50 bits per heavy atom. The summed E-state index contributed by atoms with van der Waals surface area (Å²) in [6.45, 7) is 1.51. The van der Waals surface area contributed by atoms with Gasteiger partial charge in [0.25, 0.3) is 0 Å². The third-order valence-corrected chi connectivity index (χ3v) is 3.45. The predicted octanol–water partition coefficient (Wildman–Crippen LogP) is 1.91. The van der Waals surface area contributed by atoms with Crippen molar-refractivity contribution in [2.75, 3.05) is 13.1 Å². The van der Waals surface area contributed by atoms with E-state index in [4.69, 9.17) is 21.2 Å². The molecule has 6 nitrogen and oxygen atoms in total. The highest BCUT2D eigenvalue weighted by Crippen LogP contribution is 2.22. The Morgan fingerprint density at radius 2 is 2.30 bits per heavy atom. The second-order valence-electron chi connectivity index (χ2n) is 4.75. The van der Waals surface area contributed by atoms with Gasteiger partial charge in [-0.3, -0.25) is 9.69 Å². The summed E-state index contributed by atoms with van der Waals surface area (Å²) in [4.78, 5) is 17.0. The first-order valence-corrected chi connectivity index (χ1v) is 6.53. The molecule has 0 unspecified atom stereocenters. The van der Waals surface area contributed by atoms with Gasteiger partial charge < -0.3 is 9.63 Å². The van der Waals surface area contributed by atoms with Gasteiger partial charge in [-0.05, 0) is 12.1 Å². The Kier molecular flexibility index (Phi) is 3.42. The maximum Gasteiger partial charge on any atom is 0.309 e. The first-order chi connectivity index (χ1) is 9.61. The Labute approximate surface area is 120 Å². The van der Waals surface area contributed by atoms with Crippen LogP contribution in [0.4, 0.5) is 0 Å². The molecule has 0 aliphatic carbocycles. The fourth-order valence-electron chi connectivity index (χ4n) is 2.11. The molecule has 1 aliphatic rings. The van der Waals surface area contributed by atoms with E-state index in [0.717, 1.165) is 5.56 Å². The van der Waals surface area contributed by atoms with Gasteiger partial charge in [0, 0.05) is 23.7 Å². The molecule has 0 saturated carbocycles. The zero-order chi connectivity index (χ0) is 14.1. The number of aromatic nitrogens is 2. The van der Waals surface area contributed by atoms with E-state index in [1.165, 1.54) is 0 Å². The highest BCUT2D eigenvalue weighted by Gasteiger charge is 2.33. The first kappa shape index (κ1) is 13.1. The van der Waals surface area contributed by atoms with E-state index in [1.54, 1.807) is 12.1 Å². The predicted molar refractivity (Wildman–Crippen MR) is 71.1 cm³/mol. The van der Waals surface area contributed by atoms with Gasteiger partial charge in [-0.1, -0.05) is 28.9 Å². The molecular formula is C13H12ClN3O3. The molecule has 1 aliphatic heterocycles. The van der Waals surface area contributed by atoms with Crippen LogP contribution in [0.25, 0.3) is 11.4 Å². The molecule has 1 N–H and O–H groups in total. The number of carbonyl (C=O) groups is 1. The summed E-state index contributed by atoms with van der Waals surface area (Å²) in [5.74, 6) is -0.0849. The van der Waals surface area contributed by atoms with E-state index in [9.17, 15) is 4.79 Å². The summed E-state index contributed by atoms with van der Waals surface area (Å²) in [7, 11) is 0. The number of aliphatic carboxylic acids is 1. The van der Waals surface area contributed by atoms with Crippen LogP contribution in [-0.2, 0) is 11.3 Å². The van der Waals surface area contributed by atoms with Crippen LogP contribution in [0.5, 0.6) is 0 Å². The van der Waals surface area contributed by atoms with Gasteiger partial charge in [0.2, 0.25) is 11.7 Å². The summed E-state index contributed by atoms with van der Waals surface area (Å²) in [6, 6.07) is 7.21. The van der Waals surface area contributed by atoms with Gasteiger partial charge in [0.05, 0.1) is 12.5 Å². The second-order valence-corrected chi connectivity index (χ2v) is 5.19. The molecule has 1 aromatic carbocycles. The fraction of sp³-hybridized carbons (Fsp3) is 0.308. The molecular weight excluding hydrogens is 282 g/mol. The summed E-state index contributed by atoms with van der Waals surface area (Å²) < 4.78 is 5.17. The van der Waals surface area contributed by atoms with Crippen LogP contribution in [0.15, 0.2) is 28.8 Å². The zero-order valence-corrected chi connectivity index (χ0v) is 11.2. The molecule has 20 heavy (non-hydrogen) atoms. The van der Waals surface area contributed by atoms with E-state index in [0.29, 0.717) is 36.4 Å². The van der Waals surface area contributed by atoms with E-state index < -0.39 is 5.97 Å². The van der Waals surface area contributed by atoms with Crippen molar-refractivity contribution in [3.8, 4) is 11.4 Å². The minimum Gasteiger partial charge on any atom is -0.481 e. The Balaban J connectivity index is 1.65. The lowest BCUT2D eigenvalue weighted by atomic mass is 10.0. The van der Waals surface area contributed by atoms with Crippen LogP contribution in [0, 0.1) is 5.92 Å². The minimum atomic E-state index is -0.758. The summed E-state index contributed by atoms with van der Waals surface area (Å²) in [5, 5.41) is 13.3. The van der Waals surface area contributed by atoms with Crippen LogP contribution < -0.4 is 0 Å². The number of carboxylic acids is 1. The average Bonchev–Trinajstić information content (AvgIpc) is 2.81. The van der Waals surface area contributed by atoms with Crippen molar-refractivity contribution in [1.82, 2.24) is 15.0 Å². The van der Waals surface area contributed by atoms with Crippen LogP contribution in [-0.4, -0.2) is 39.2 Å². The van der Waals surface area contributed by atoms with Crippen LogP contribution in [0.2, 0.25) is 5.02 Å². The number of likely N-dealkylation sites (tertiary alicyclic amines) is 1. The highest BCUT2D eigenvalue weighted by atomic mass is 35.5. The van der Waals surface area contributed by atoms with Gasteiger partial charge in [0.15, 0.2) is 0 Å². The molecule has 0 radical (unpaired) electrons. The third kappa shape index (κ3) is 2.66. The first-order valence-electron chi connectivity index (χ1n) is 6.15. The van der Waals surface area contributed by atoms with Gasteiger partial charge in [-0.15, -0.1) is 0 Å². The van der Waals surface area contributed by atoms with E-state index >= 15 is 0 Å². The molecule has 1 saturated heterocycles. The van der Waals surface area contributed by atoms with E-state index in [1.807, 2.05) is 17.0 Å². The van der Waals surface area contributed by atoms with Gasteiger partial charge in [-0.2, -0.15) is 4.98 Å². The molecule has 0 bridgehead atoms. The standard InChI is InChI=1S/C13H12ClN3O3/c14-10-3-1-2-8(4-10)12-15-11(20-16-12)7-17-5-9(6-17)13(18)19/h1-4,9H,5-7H2,(H,18,19). The minimum absolute atomic E-state index is 0.287. The highest BCUT2D eigenvalue weighted by molar-refractivity contribution is 6.30. The maximum absolute atomic E-state index is 10.7. The van der Waals surface area contributed by atoms with Crippen LogP contribution in [0.1, 0.15) is 5.89 Å². The van der Waals surface area contributed by atoms with Gasteiger partial charge in [-0.25, -0.2) is 0 Å². The third-order valence-electron chi connectivity index (χ3n) is 3.22. The van der Waals surface area contributed by atoms with Crippen molar-refractivity contribution in [2.45, 2.75) is 6.54 Å². The van der Waals surface area contributed by atoms with Crippen molar-refractivity contribution in [2.24, 2.45) is 5.92 Å². The lowest BCUT2D eigenvalue weighted by Crippen LogP contribution is -2.49. The number of halogens is 1. The number of benzene rings is 1. The Hall–Kier alpha value is -1.92. The molecule has 1 fully saturated rings. The largest absolute Gasteiger partial charge is 0.481 e. The SMILES string of the molecule is O=C(O)C1CN(Cc2nc(-c3cccc(Cl)c3)no2)C1. The van der Waals surface area contributed by atoms with Crippen molar-refractivity contribution < 1.29 is 14.4 Å². The zero-order valence-electron chi connectivity index (χ0n) is 10.5.